The van der Waals surface area contributed by atoms with Crippen LogP contribution in [0.2, 0.25) is 0 Å². The number of halogens is 2. The maximum atomic E-state index is 13.7. The second-order valence-corrected chi connectivity index (χ2v) is 10.1. The summed E-state index contributed by atoms with van der Waals surface area (Å²) in [7, 11) is -1.77. The molecule has 2 saturated heterocycles. The van der Waals surface area contributed by atoms with Crippen molar-refractivity contribution < 1.29 is 33.2 Å². The first-order valence-electron chi connectivity index (χ1n) is 12.3. The molecule has 1 aromatic rings. The smallest absolute Gasteiger partial charge is 0.426 e. The van der Waals surface area contributed by atoms with Crippen LogP contribution in [-0.2, 0) is 20.7 Å². The van der Waals surface area contributed by atoms with Gasteiger partial charge in [-0.3, -0.25) is 14.5 Å². The van der Waals surface area contributed by atoms with Gasteiger partial charge >= 0.3 is 7.12 Å². The molecular formula is C25H33BF2N4O5. The van der Waals surface area contributed by atoms with Crippen LogP contribution in [0.1, 0.15) is 32.3 Å². The number of rotatable bonds is 9. The van der Waals surface area contributed by atoms with Gasteiger partial charge in [0.15, 0.2) is 0 Å². The van der Waals surface area contributed by atoms with E-state index in [1.807, 2.05) is 36.4 Å². The first-order chi connectivity index (χ1) is 17.4. The lowest BCUT2D eigenvalue weighted by molar-refractivity contribution is -0.138. The molecule has 200 valence electrons. The maximum Gasteiger partial charge on any atom is 0.475 e. The maximum absolute atomic E-state index is 13.7. The van der Waals surface area contributed by atoms with Crippen molar-refractivity contribution in [3.05, 3.63) is 47.5 Å². The number of likely N-dealkylation sites (tertiary alicyclic amines) is 1. The topological polar surface area (TPSA) is 126 Å². The largest absolute Gasteiger partial charge is 0.475 e. The number of nitrogens with one attached hydrogen (secondary N) is 1. The zero-order chi connectivity index (χ0) is 27.2. The van der Waals surface area contributed by atoms with Crippen LogP contribution in [0.15, 0.2) is 42.0 Å². The summed E-state index contributed by atoms with van der Waals surface area (Å²) in [6, 6.07) is 11.0. The molecule has 2 aliphatic rings. The van der Waals surface area contributed by atoms with Crippen LogP contribution >= 0.6 is 0 Å². The van der Waals surface area contributed by atoms with Crippen LogP contribution in [0.4, 0.5) is 8.78 Å². The van der Waals surface area contributed by atoms with Crippen molar-refractivity contribution in [3.63, 3.8) is 0 Å². The second-order valence-electron chi connectivity index (χ2n) is 10.1. The average Bonchev–Trinajstić information content (AvgIpc) is 3.23. The Hall–Kier alpha value is -2.85. The molecule has 3 rings (SSSR count). The number of carbonyl (C=O) groups is 2. The van der Waals surface area contributed by atoms with Gasteiger partial charge in [-0.05, 0) is 31.9 Å². The minimum Gasteiger partial charge on any atom is -0.426 e. The van der Waals surface area contributed by atoms with E-state index in [-0.39, 0.29) is 51.1 Å². The first kappa shape index (κ1) is 28.7. The molecule has 37 heavy (non-hydrogen) atoms. The molecule has 12 heteroatoms. The predicted octanol–water partition coefficient (Wildman–Crippen LogP) is 0.913. The molecule has 0 radical (unpaired) electrons. The number of nitriles is 1. The van der Waals surface area contributed by atoms with Gasteiger partial charge in [-0.25, -0.2) is 8.78 Å². The quantitative estimate of drug-likeness (QED) is 0.252. The summed E-state index contributed by atoms with van der Waals surface area (Å²) in [4.78, 5) is 28.7. The fourth-order valence-electron chi connectivity index (χ4n) is 4.58. The molecule has 9 nitrogen and oxygen atoms in total. The van der Waals surface area contributed by atoms with Crippen LogP contribution in [0.3, 0.4) is 0 Å². The Balaban J connectivity index is 1.59. The Labute approximate surface area is 215 Å². The van der Waals surface area contributed by atoms with Gasteiger partial charge in [0.05, 0.1) is 31.6 Å². The lowest BCUT2D eigenvalue weighted by Crippen LogP contribution is -2.51. The molecular weight excluding hydrogens is 485 g/mol. The third kappa shape index (κ3) is 8.07. The zero-order valence-electron chi connectivity index (χ0n) is 21.1. The molecule has 3 N–H and O–H groups in total. The molecule has 2 heterocycles. The van der Waals surface area contributed by atoms with E-state index in [4.69, 9.17) is 4.74 Å². The molecule has 2 amide bonds. The molecule has 0 unspecified atom stereocenters. The Morgan fingerprint density at radius 1 is 1.32 bits per heavy atom. The number of alkyl halides is 2. The number of amides is 2. The van der Waals surface area contributed by atoms with E-state index in [1.165, 1.54) is 11.0 Å². The van der Waals surface area contributed by atoms with Gasteiger partial charge in [-0.1, -0.05) is 30.3 Å². The van der Waals surface area contributed by atoms with Gasteiger partial charge in [0.25, 0.3) is 11.8 Å². The second kappa shape index (κ2) is 12.1. The third-order valence-corrected chi connectivity index (χ3v) is 6.68. The fourth-order valence-corrected chi connectivity index (χ4v) is 4.58. The van der Waals surface area contributed by atoms with E-state index in [0.29, 0.717) is 0 Å². The normalized spacial score (nSPS) is 21.3. The fraction of sp³-hybridized carbons (Fsp3) is 0.560. The van der Waals surface area contributed by atoms with Gasteiger partial charge < -0.3 is 25.0 Å². The lowest BCUT2D eigenvalue weighted by atomic mass is 9.76. The van der Waals surface area contributed by atoms with Crippen LogP contribution in [-0.4, -0.2) is 95.1 Å². The van der Waals surface area contributed by atoms with Crippen molar-refractivity contribution in [2.75, 3.05) is 32.8 Å². The van der Waals surface area contributed by atoms with Crippen molar-refractivity contribution in [1.82, 2.24) is 15.1 Å². The summed E-state index contributed by atoms with van der Waals surface area (Å²) in [6.45, 7) is 3.51. The Morgan fingerprint density at radius 3 is 2.62 bits per heavy atom. The molecule has 2 aliphatic heterocycles. The Kier molecular flexibility index (Phi) is 9.42. The van der Waals surface area contributed by atoms with Crippen LogP contribution in [0.25, 0.3) is 0 Å². The van der Waals surface area contributed by atoms with Crippen LogP contribution in [0.5, 0.6) is 0 Å². The van der Waals surface area contributed by atoms with E-state index in [2.05, 4.69) is 5.32 Å². The standard InChI is InChI=1S/C25H33BF2N4O5/c1-24(2,32-9-8-25(27,28)17-32)14-19(15-29)23(34)31-10-11-37-20(16-31)13-22(33)30-21(26(35)36)12-18-6-4-3-5-7-18/h3-7,14,20-21,35-36H,8-13,16-17H2,1-2H3,(H,30,33)/t20-,21+/m1/s1. The van der Waals surface area contributed by atoms with E-state index >= 15 is 0 Å². The lowest BCUT2D eigenvalue weighted by Gasteiger charge is -2.35. The number of carbonyl (C=O) groups excluding carboxylic acids is 2. The average molecular weight is 518 g/mol. The molecule has 0 aromatic heterocycles. The summed E-state index contributed by atoms with van der Waals surface area (Å²) >= 11 is 0. The predicted molar refractivity (Wildman–Crippen MR) is 132 cm³/mol. The third-order valence-electron chi connectivity index (χ3n) is 6.68. The Bertz CT molecular complexity index is 1030. The molecule has 0 bridgehead atoms. The SMILES string of the molecule is CC(C)(C=C(C#N)C(=O)N1CCO[C@H](CC(=O)N[C@@H](Cc2ccccc2)B(O)O)C1)N1CCC(F)(F)C1. The highest BCUT2D eigenvalue weighted by atomic mass is 19.3. The van der Waals surface area contributed by atoms with E-state index < -0.39 is 49.0 Å². The molecule has 2 fully saturated rings. The van der Waals surface area contributed by atoms with Crippen molar-refractivity contribution in [1.29, 1.82) is 5.26 Å². The van der Waals surface area contributed by atoms with E-state index in [9.17, 15) is 33.7 Å². The number of hydrogen-bond donors (Lipinski definition) is 3. The summed E-state index contributed by atoms with van der Waals surface area (Å²) in [5.74, 6) is -4.75. The summed E-state index contributed by atoms with van der Waals surface area (Å²) in [5.41, 5.74) is -0.259. The van der Waals surface area contributed by atoms with E-state index in [1.54, 1.807) is 18.7 Å². The summed E-state index contributed by atoms with van der Waals surface area (Å²) in [6.07, 6.45) is 0.588. The molecule has 0 spiro atoms. The van der Waals surface area contributed by atoms with Gasteiger partial charge in [-0.2, -0.15) is 5.26 Å². The van der Waals surface area contributed by atoms with Gasteiger partial charge in [0.2, 0.25) is 5.91 Å². The van der Waals surface area contributed by atoms with Gasteiger partial charge in [-0.15, -0.1) is 0 Å². The number of benzene rings is 1. The van der Waals surface area contributed by atoms with Crippen LogP contribution in [0, 0.1) is 11.3 Å². The number of ether oxygens (including phenoxy) is 1. The molecule has 2 atom stereocenters. The van der Waals surface area contributed by atoms with Crippen molar-refractivity contribution in [3.8, 4) is 6.07 Å². The number of morpholine rings is 1. The Morgan fingerprint density at radius 2 is 2.03 bits per heavy atom. The highest BCUT2D eigenvalue weighted by Gasteiger charge is 2.43. The molecule has 0 saturated carbocycles. The van der Waals surface area contributed by atoms with Crippen molar-refractivity contribution >= 4 is 18.9 Å². The van der Waals surface area contributed by atoms with Gasteiger partial charge in [0, 0.05) is 31.6 Å². The van der Waals surface area contributed by atoms with E-state index in [0.717, 1.165) is 5.56 Å². The monoisotopic (exact) mass is 518 g/mol. The molecule has 0 aliphatic carbocycles. The van der Waals surface area contributed by atoms with Crippen molar-refractivity contribution in [2.24, 2.45) is 0 Å². The minimum atomic E-state index is -2.80. The minimum absolute atomic E-state index is 0.0541. The highest BCUT2D eigenvalue weighted by Crippen LogP contribution is 2.33. The number of hydrogen-bond acceptors (Lipinski definition) is 7. The first-order valence-corrected chi connectivity index (χ1v) is 12.3. The summed E-state index contributed by atoms with van der Waals surface area (Å²) < 4.78 is 33.0. The summed E-state index contributed by atoms with van der Waals surface area (Å²) in [5, 5.41) is 31.7. The van der Waals surface area contributed by atoms with Crippen molar-refractivity contribution in [2.45, 2.75) is 56.6 Å². The highest BCUT2D eigenvalue weighted by molar-refractivity contribution is 6.43. The van der Waals surface area contributed by atoms with Crippen LogP contribution < -0.4 is 5.32 Å². The van der Waals surface area contributed by atoms with Gasteiger partial charge in [0.1, 0.15) is 11.6 Å². The number of nitrogens with zero attached hydrogens (tertiary/aromatic N) is 3. The zero-order valence-corrected chi connectivity index (χ0v) is 21.1. The molecule has 1 aromatic carbocycles.